The van der Waals surface area contributed by atoms with Gasteiger partial charge in [-0.25, -0.2) is 0 Å². The highest BCUT2D eigenvalue weighted by atomic mass is 79.9. The summed E-state index contributed by atoms with van der Waals surface area (Å²) >= 11 is 2.96. The summed E-state index contributed by atoms with van der Waals surface area (Å²) in [5.41, 5.74) is -0.466. The van der Waals surface area contributed by atoms with Crippen molar-refractivity contribution in [1.29, 1.82) is 0 Å². The Kier molecular flexibility index (Phi) is 3.65. The summed E-state index contributed by atoms with van der Waals surface area (Å²) in [6.45, 7) is 6.16. The maximum atomic E-state index is 12.9. The summed E-state index contributed by atoms with van der Waals surface area (Å²) in [6, 6.07) is 4.41. The van der Waals surface area contributed by atoms with Gasteiger partial charge in [-0.1, -0.05) is 22.0 Å². The van der Waals surface area contributed by atoms with Gasteiger partial charge >= 0.3 is 6.18 Å². The van der Waals surface area contributed by atoms with Gasteiger partial charge in [-0.05, 0) is 50.2 Å². The molecule has 1 nitrogen and oxygen atoms in total. The van der Waals surface area contributed by atoms with Crippen LogP contribution < -0.4 is 0 Å². The second-order valence-corrected chi connectivity index (χ2v) is 11.2. The van der Waals surface area contributed by atoms with Crippen molar-refractivity contribution in [1.82, 2.24) is 0 Å². The van der Waals surface area contributed by atoms with Gasteiger partial charge in [0.15, 0.2) is 8.32 Å². The summed E-state index contributed by atoms with van der Waals surface area (Å²) < 4.78 is 44.9. The largest absolute Gasteiger partial charge is 0.417 e. The fourth-order valence-corrected chi connectivity index (χ4v) is 4.14. The van der Waals surface area contributed by atoms with Crippen molar-refractivity contribution in [2.75, 3.05) is 0 Å². The van der Waals surface area contributed by atoms with Gasteiger partial charge in [-0.15, -0.1) is 0 Å². The molecule has 0 heterocycles. The molecule has 0 saturated heterocycles. The van der Waals surface area contributed by atoms with E-state index in [-0.39, 0.29) is 4.47 Å². The van der Waals surface area contributed by atoms with E-state index in [1.165, 1.54) is 12.1 Å². The number of alkyl halides is 3. The maximum Gasteiger partial charge on any atom is 0.417 e. The third-order valence-corrected chi connectivity index (χ3v) is 4.70. The van der Waals surface area contributed by atoms with Gasteiger partial charge in [0, 0.05) is 4.47 Å². The van der Waals surface area contributed by atoms with Crippen molar-refractivity contribution in [2.45, 2.75) is 44.3 Å². The number of hydrogen-bond donors (Lipinski definition) is 0. The van der Waals surface area contributed by atoms with Crippen molar-refractivity contribution < 1.29 is 17.6 Å². The number of rotatable bonds is 3. The molecule has 0 radical (unpaired) electrons. The molecule has 1 aromatic rings. The molecule has 0 spiro atoms. The molecule has 1 fully saturated rings. The number of halogens is 4. The zero-order chi connectivity index (χ0) is 14.5. The monoisotopic (exact) mass is 352 g/mol. The molecule has 1 aromatic carbocycles. The summed E-state index contributed by atoms with van der Waals surface area (Å²) in [5.74, 6) is 0. The molecule has 1 aliphatic carbocycles. The van der Waals surface area contributed by atoms with Gasteiger partial charge in [-0.2, -0.15) is 13.2 Å². The van der Waals surface area contributed by atoms with E-state index in [0.29, 0.717) is 5.56 Å². The van der Waals surface area contributed by atoms with Crippen molar-refractivity contribution in [3.05, 3.63) is 33.8 Å². The lowest BCUT2D eigenvalue weighted by Crippen LogP contribution is -2.32. The first kappa shape index (κ1) is 15.1. The van der Waals surface area contributed by atoms with E-state index in [2.05, 4.69) is 35.6 Å². The first-order valence-corrected chi connectivity index (χ1v) is 10.3. The quantitative estimate of drug-likeness (QED) is 0.670. The standard InChI is InChI=1S/C13H16BrF3OSi/c1-19(2,3)18-12(6-7-12)9-4-5-11(14)10(8-9)13(15,16)17/h4-5,8H,6-7H2,1-3H3. The fourth-order valence-electron chi connectivity index (χ4n) is 2.18. The molecule has 19 heavy (non-hydrogen) atoms. The first-order chi connectivity index (χ1) is 8.54. The molecule has 0 amide bonds. The molecule has 0 aliphatic heterocycles. The molecule has 2 rings (SSSR count). The van der Waals surface area contributed by atoms with E-state index in [4.69, 9.17) is 4.43 Å². The lowest BCUT2D eigenvalue weighted by Gasteiger charge is -2.27. The van der Waals surface area contributed by atoms with Gasteiger partial charge in [-0.3, -0.25) is 0 Å². The maximum absolute atomic E-state index is 12.9. The Morgan fingerprint density at radius 2 is 1.79 bits per heavy atom. The van der Waals surface area contributed by atoms with E-state index < -0.39 is 25.7 Å². The summed E-state index contributed by atoms with van der Waals surface area (Å²) in [4.78, 5) is 0. The number of hydrogen-bond acceptors (Lipinski definition) is 1. The third kappa shape index (κ3) is 3.41. The Bertz CT molecular complexity index is 490. The fraction of sp³-hybridized carbons (Fsp3) is 0.538. The van der Waals surface area contributed by atoms with Crippen LogP contribution in [0, 0.1) is 0 Å². The van der Waals surface area contributed by atoms with Crippen LogP contribution in [0.1, 0.15) is 24.0 Å². The van der Waals surface area contributed by atoms with Crippen LogP contribution in [0.3, 0.4) is 0 Å². The van der Waals surface area contributed by atoms with Crippen LogP contribution in [-0.2, 0) is 16.2 Å². The highest BCUT2D eigenvalue weighted by Crippen LogP contribution is 2.52. The zero-order valence-electron chi connectivity index (χ0n) is 11.1. The molecule has 0 N–H and O–H groups in total. The topological polar surface area (TPSA) is 9.23 Å². The molecule has 0 unspecified atom stereocenters. The van der Waals surface area contributed by atoms with Crippen LogP contribution in [0.5, 0.6) is 0 Å². The molecule has 6 heteroatoms. The van der Waals surface area contributed by atoms with Gasteiger partial charge < -0.3 is 4.43 Å². The average Bonchev–Trinajstić information content (AvgIpc) is 2.94. The smallest absolute Gasteiger partial charge is 0.408 e. The highest BCUT2D eigenvalue weighted by molar-refractivity contribution is 9.10. The van der Waals surface area contributed by atoms with E-state index in [9.17, 15) is 13.2 Å². The Morgan fingerprint density at radius 1 is 1.21 bits per heavy atom. The normalized spacial score (nSPS) is 18.5. The summed E-state index contributed by atoms with van der Waals surface area (Å²) in [5, 5.41) is 0. The van der Waals surface area contributed by atoms with Crippen molar-refractivity contribution in [2.24, 2.45) is 0 Å². The minimum atomic E-state index is -4.34. The molecule has 1 aliphatic rings. The highest BCUT2D eigenvalue weighted by Gasteiger charge is 2.49. The third-order valence-electron chi connectivity index (χ3n) is 3.00. The minimum Gasteiger partial charge on any atom is -0.408 e. The van der Waals surface area contributed by atoms with Crippen LogP contribution in [0.25, 0.3) is 0 Å². The van der Waals surface area contributed by atoms with E-state index in [0.717, 1.165) is 12.8 Å². The van der Waals surface area contributed by atoms with Crippen molar-refractivity contribution in [3.8, 4) is 0 Å². The molecule has 0 aromatic heterocycles. The van der Waals surface area contributed by atoms with E-state index in [1.807, 2.05) is 0 Å². The van der Waals surface area contributed by atoms with Crippen molar-refractivity contribution in [3.63, 3.8) is 0 Å². The summed E-state index contributed by atoms with van der Waals surface area (Å²) in [7, 11) is -1.78. The molecule has 1 saturated carbocycles. The van der Waals surface area contributed by atoms with Crippen molar-refractivity contribution >= 4 is 24.2 Å². The van der Waals surface area contributed by atoms with Gasteiger partial charge in [0.05, 0.1) is 11.2 Å². The van der Waals surface area contributed by atoms with E-state index >= 15 is 0 Å². The predicted molar refractivity (Wildman–Crippen MR) is 74.5 cm³/mol. The lowest BCUT2D eigenvalue weighted by molar-refractivity contribution is -0.138. The van der Waals surface area contributed by atoms with Gasteiger partial charge in [0.1, 0.15) is 0 Å². The van der Waals surface area contributed by atoms with Crippen LogP contribution in [0.2, 0.25) is 19.6 Å². The Labute approximate surface area is 120 Å². The lowest BCUT2D eigenvalue weighted by atomic mass is 10.0. The van der Waals surface area contributed by atoms with Gasteiger partial charge in [0.25, 0.3) is 0 Å². The molecule has 0 atom stereocenters. The van der Waals surface area contributed by atoms with Gasteiger partial charge in [0.2, 0.25) is 0 Å². The summed E-state index contributed by atoms with van der Waals surface area (Å²) in [6.07, 6.45) is -2.74. The predicted octanol–water partition coefficient (Wildman–Crippen LogP) is 5.31. The number of benzene rings is 1. The molecule has 106 valence electrons. The van der Waals surface area contributed by atoms with Crippen LogP contribution in [0.4, 0.5) is 13.2 Å². The SMILES string of the molecule is C[Si](C)(C)OC1(c2ccc(Br)c(C(F)(F)F)c2)CC1. The second-order valence-electron chi connectivity index (χ2n) is 5.90. The second kappa shape index (κ2) is 4.60. The van der Waals surface area contributed by atoms with Crippen LogP contribution in [0.15, 0.2) is 22.7 Å². The van der Waals surface area contributed by atoms with Crippen LogP contribution >= 0.6 is 15.9 Å². The Hall–Kier alpha value is -0.333. The zero-order valence-corrected chi connectivity index (χ0v) is 13.7. The molecule has 0 bridgehead atoms. The first-order valence-electron chi connectivity index (χ1n) is 6.11. The van der Waals surface area contributed by atoms with E-state index in [1.54, 1.807) is 6.07 Å². The molecular weight excluding hydrogens is 337 g/mol. The molecular formula is C13H16BrF3OSi. The van der Waals surface area contributed by atoms with Crippen LogP contribution in [-0.4, -0.2) is 8.32 Å². The Balaban J connectivity index is 2.37. The average molecular weight is 353 g/mol. The minimum absolute atomic E-state index is 0.0764. The Morgan fingerprint density at radius 3 is 2.21 bits per heavy atom.